The quantitative estimate of drug-likeness (QED) is 0.352. The number of carbonyl (C=O) groups excluding carboxylic acids is 2. The summed E-state index contributed by atoms with van der Waals surface area (Å²) in [4.78, 5) is 30.7. The first kappa shape index (κ1) is 28.6. The van der Waals surface area contributed by atoms with Crippen molar-refractivity contribution in [1.29, 1.82) is 0 Å². The SMILES string of the molecule is C[C@@H](Cn1cccn1)N(CC(=O)N(C)Cc1c(F)cccc1Cl)CC(=O)N(C)Cc1c(F)cccc1Cl. The van der Waals surface area contributed by atoms with E-state index in [0.29, 0.717) is 6.54 Å². The van der Waals surface area contributed by atoms with Gasteiger partial charge in [-0.15, -0.1) is 0 Å². The van der Waals surface area contributed by atoms with Crippen LogP contribution >= 0.6 is 23.2 Å². The molecular formula is C26H29Cl2F2N5O2. The first-order chi connectivity index (χ1) is 17.6. The van der Waals surface area contributed by atoms with Crippen LogP contribution in [-0.4, -0.2) is 69.5 Å². The Morgan fingerprint density at radius 3 is 1.78 bits per heavy atom. The maximum absolute atomic E-state index is 14.2. The predicted molar refractivity (Wildman–Crippen MR) is 139 cm³/mol. The molecule has 1 heterocycles. The molecule has 0 saturated heterocycles. The number of likely N-dealkylation sites (N-methyl/N-ethyl adjacent to an activating group) is 2. The second-order valence-electron chi connectivity index (χ2n) is 8.88. The molecule has 0 aliphatic heterocycles. The van der Waals surface area contributed by atoms with Crippen LogP contribution in [0.3, 0.4) is 0 Å². The van der Waals surface area contributed by atoms with Crippen LogP contribution in [0, 0.1) is 11.6 Å². The summed E-state index contributed by atoms with van der Waals surface area (Å²) in [6.07, 6.45) is 3.43. The number of benzene rings is 2. The van der Waals surface area contributed by atoms with Crippen molar-refractivity contribution in [3.63, 3.8) is 0 Å². The largest absolute Gasteiger partial charge is 0.340 e. The van der Waals surface area contributed by atoms with Gasteiger partial charge in [-0.25, -0.2) is 8.78 Å². The molecular weight excluding hydrogens is 523 g/mol. The molecule has 0 fully saturated rings. The Bertz CT molecular complexity index is 1110. The molecule has 0 unspecified atom stereocenters. The zero-order valence-electron chi connectivity index (χ0n) is 20.9. The van der Waals surface area contributed by atoms with Crippen molar-refractivity contribution < 1.29 is 18.4 Å². The van der Waals surface area contributed by atoms with E-state index in [-0.39, 0.29) is 65.2 Å². The van der Waals surface area contributed by atoms with Crippen LogP contribution < -0.4 is 0 Å². The number of carbonyl (C=O) groups is 2. The number of hydrogen-bond acceptors (Lipinski definition) is 4. The van der Waals surface area contributed by atoms with E-state index in [1.165, 1.54) is 34.1 Å². The molecule has 198 valence electrons. The Kier molecular flexibility index (Phi) is 10.0. The van der Waals surface area contributed by atoms with Crippen molar-refractivity contribution in [3.8, 4) is 0 Å². The number of nitrogens with zero attached hydrogens (tertiary/aromatic N) is 5. The second kappa shape index (κ2) is 13.0. The van der Waals surface area contributed by atoms with Crippen molar-refractivity contribution >= 4 is 35.0 Å². The minimum absolute atomic E-state index is 0.0225. The third-order valence-corrected chi connectivity index (χ3v) is 6.78. The summed E-state index contributed by atoms with van der Waals surface area (Å²) in [5, 5.41) is 4.66. The van der Waals surface area contributed by atoms with E-state index in [2.05, 4.69) is 5.10 Å². The molecule has 3 rings (SSSR count). The van der Waals surface area contributed by atoms with E-state index in [1.54, 1.807) is 54.3 Å². The van der Waals surface area contributed by atoms with Gasteiger partial charge in [0, 0.05) is 66.8 Å². The van der Waals surface area contributed by atoms with Crippen LogP contribution in [0.1, 0.15) is 18.1 Å². The molecule has 1 atom stereocenters. The fourth-order valence-electron chi connectivity index (χ4n) is 3.77. The summed E-state index contributed by atoms with van der Waals surface area (Å²) < 4.78 is 30.2. The van der Waals surface area contributed by atoms with Crippen molar-refractivity contribution in [1.82, 2.24) is 24.5 Å². The lowest BCUT2D eigenvalue weighted by atomic mass is 10.2. The molecule has 2 amide bonds. The van der Waals surface area contributed by atoms with Gasteiger partial charge in [0.25, 0.3) is 0 Å². The molecule has 0 spiro atoms. The smallest absolute Gasteiger partial charge is 0.236 e. The van der Waals surface area contributed by atoms with Gasteiger partial charge in [0.05, 0.1) is 19.6 Å². The summed E-state index contributed by atoms with van der Waals surface area (Å²) in [6, 6.07) is 10.2. The van der Waals surface area contributed by atoms with E-state index < -0.39 is 11.6 Å². The Morgan fingerprint density at radius 2 is 1.38 bits per heavy atom. The molecule has 2 aromatic carbocycles. The maximum Gasteiger partial charge on any atom is 0.236 e. The zero-order chi connectivity index (χ0) is 27.1. The third kappa shape index (κ3) is 7.74. The highest BCUT2D eigenvalue weighted by Gasteiger charge is 2.25. The Hall–Kier alpha value is -3.01. The van der Waals surface area contributed by atoms with Crippen LogP contribution in [0.4, 0.5) is 8.78 Å². The average molecular weight is 552 g/mol. The van der Waals surface area contributed by atoms with Crippen LogP contribution in [-0.2, 0) is 29.2 Å². The van der Waals surface area contributed by atoms with Crippen LogP contribution in [0.25, 0.3) is 0 Å². The topological polar surface area (TPSA) is 61.7 Å². The van der Waals surface area contributed by atoms with Gasteiger partial charge < -0.3 is 9.80 Å². The molecule has 0 aliphatic rings. The molecule has 0 bridgehead atoms. The maximum atomic E-state index is 14.2. The second-order valence-corrected chi connectivity index (χ2v) is 9.70. The summed E-state index contributed by atoms with van der Waals surface area (Å²) in [6.45, 7) is 2.05. The molecule has 0 radical (unpaired) electrons. The van der Waals surface area contributed by atoms with E-state index in [9.17, 15) is 18.4 Å². The Balaban J connectivity index is 1.73. The first-order valence-electron chi connectivity index (χ1n) is 11.6. The van der Waals surface area contributed by atoms with Crippen molar-refractivity contribution in [2.75, 3.05) is 27.2 Å². The lowest BCUT2D eigenvalue weighted by Gasteiger charge is -2.31. The highest BCUT2D eigenvalue weighted by molar-refractivity contribution is 6.31. The molecule has 7 nitrogen and oxygen atoms in total. The van der Waals surface area contributed by atoms with Crippen LogP contribution in [0.2, 0.25) is 10.0 Å². The molecule has 0 saturated carbocycles. The molecule has 37 heavy (non-hydrogen) atoms. The van der Waals surface area contributed by atoms with Crippen molar-refractivity contribution in [3.05, 3.63) is 87.7 Å². The highest BCUT2D eigenvalue weighted by Crippen LogP contribution is 2.22. The molecule has 11 heteroatoms. The van der Waals surface area contributed by atoms with E-state index in [0.717, 1.165) is 0 Å². The minimum atomic E-state index is -0.500. The van der Waals surface area contributed by atoms with Gasteiger partial charge in [-0.05, 0) is 37.3 Å². The average Bonchev–Trinajstić information content (AvgIpc) is 3.36. The van der Waals surface area contributed by atoms with Crippen molar-refractivity contribution in [2.45, 2.75) is 32.6 Å². The van der Waals surface area contributed by atoms with Gasteiger partial charge in [0.1, 0.15) is 11.6 Å². The van der Waals surface area contributed by atoms with E-state index in [4.69, 9.17) is 23.2 Å². The summed E-state index contributed by atoms with van der Waals surface area (Å²) in [7, 11) is 3.10. The van der Waals surface area contributed by atoms with Crippen molar-refractivity contribution in [2.24, 2.45) is 0 Å². The molecule has 3 aromatic rings. The first-order valence-corrected chi connectivity index (χ1v) is 12.4. The fraction of sp³-hybridized carbons (Fsp3) is 0.346. The number of hydrogen-bond donors (Lipinski definition) is 0. The number of aromatic nitrogens is 2. The van der Waals surface area contributed by atoms with Gasteiger partial charge >= 0.3 is 0 Å². The Morgan fingerprint density at radius 1 is 0.892 bits per heavy atom. The standard InChI is InChI=1S/C26H29Cl2F2N5O2/c1-18(13-35-12-6-11-31-35)34(16-25(36)32(2)14-19-21(27)7-4-9-23(19)29)17-26(37)33(3)15-20-22(28)8-5-10-24(20)30/h4-12,18H,13-17H2,1-3H3/t18-/m0/s1. The molecule has 0 N–H and O–H groups in total. The van der Waals surface area contributed by atoms with Gasteiger partial charge in [-0.3, -0.25) is 19.2 Å². The lowest BCUT2D eigenvalue weighted by molar-refractivity contribution is -0.136. The summed E-state index contributed by atoms with van der Waals surface area (Å²) >= 11 is 12.2. The summed E-state index contributed by atoms with van der Waals surface area (Å²) in [5.74, 6) is -1.64. The number of amides is 2. The van der Waals surface area contributed by atoms with E-state index >= 15 is 0 Å². The minimum Gasteiger partial charge on any atom is -0.340 e. The number of rotatable bonds is 11. The van der Waals surface area contributed by atoms with Crippen LogP contribution in [0.5, 0.6) is 0 Å². The third-order valence-electron chi connectivity index (χ3n) is 6.08. The summed E-state index contributed by atoms with van der Waals surface area (Å²) in [5.41, 5.74) is 0.433. The highest BCUT2D eigenvalue weighted by atomic mass is 35.5. The predicted octanol–water partition coefficient (Wildman–Crippen LogP) is 4.48. The monoisotopic (exact) mass is 551 g/mol. The van der Waals surface area contributed by atoms with Gasteiger partial charge in [0.2, 0.25) is 11.8 Å². The molecule has 1 aromatic heterocycles. The van der Waals surface area contributed by atoms with Gasteiger partial charge in [-0.2, -0.15) is 5.10 Å². The molecule has 0 aliphatic carbocycles. The van der Waals surface area contributed by atoms with Gasteiger partial charge in [-0.1, -0.05) is 35.3 Å². The van der Waals surface area contributed by atoms with Gasteiger partial charge in [0.15, 0.2) is 0 Å². The Labute approximate surface area is 225 Å². The normalized spacial score (nSPS) is 12.0. The lowest BCUT2D eigenvalue weighted by Crippen LogP contribution is -2.48. The van der Waals surface area contributed by atoms with Crippen LogP contribution in [0.15, 0.2) is 54.9 Å². The zero-order valence-corrected chi connectivity index (χ0v) is 22.4. The van der Waals surface area contributed by atoms with E-state index in [1.807, 2.05) is 6.92 Å². The fourth-order valence-corrected chi connectivity index (χ4v) is 4.21. The number of halogens is 4.